The first-order chi connectivity index (χ1) is 8.69. The second-order valence-electron chi connectivity index (χ2n) is 4.74. The van der Waals surface area contributed by atoms with Crippen LogP contribution in [-0.2, 0) is 9.53 Å². The Balaban J connectivity index is 2.53. The fourth-order valence-electron chi connectivity index (χ4n) is 1.92. The van der Waals surface area contributed by atoms with E-state index in [2.05, 4.69) is 13.8 Å². The molecular weight excluding hydrogens is 224 g/mol. The van der Waals surface area contributed by atoms with Crippen LogP contribution >= 0.6 is 0 Å². The maximum absolute atomic E-state index is 12.1. The number of ether oxygens (including phenoxy) is 1. The Bertz CT molecular complexity index is 345. The maximum Gasteiger partial charge on any atom is 0.313 e. The SMILES string of the molecule is CCCC[C@@H](CC)OC(=O)[C@H](C)c1ccccc1. The van der Waals surface area contributed by atoms with Crippen LogP contribution in [0, 0.1) is 0 Å². The highest BCUT2D eigenvalue weighted by molar-refractivity contribution is 5.77. The zero-order valence-electron chi connectivity index (χ0n) is 11.7. The summed E-state index contributed by atoms with van der Waals surface area (Å²) in [5.74, 6) is -0.286. The van der Waals surface area contributed by atoms with Gasteiger partial charge in [-0.1, -0.05) is 57.0 Å². The van der Waals surface area contributed by atoms with Crippen molar-refractivity contribution in [1.82, 2.24) is 0 Å². The van der Waals surface area contributed by atoms with E-state index in [1.807, 2.05) is 37.3 Å². The zero-order chi connectivity index (χ0) is 13.4. The normalized spacial score (nSPS) is 13.9. The van der Waals surface area contributed by atoms with E-state index < -0.39 is 0 Å². The second kappa shape index (κ2) is 7.91. The molecule has 0 aromatic heterocycles. The van der Waals surface area contributed by atoms with Crippen LogP contribution in [0.2, 0.25) is 0 Å². The molecule has 1 rings (SSSR count). The summed E-state index contributed by atoms with van der Waals surface area (Å²) in [6.45, 7) is 6.13. The average Bonchev–Trinajstić information content (AvgIpc) is 2.43. The quantitative estimate of drug-likeness (QED) is 0.672. The van der Waals surface area contributed by atoms with Gasteiger partial charge in [-0.3, -0.25) is 4.79 Å². The lowest BCUT2D eigenvalue weighted by Crippen LogP contribution is -2.21. The smallest absolute Gasteiger partial charge is 0.313 e. The summed E-state index contributed by atoms with van der Waals surface area (Å²) in [6, 6.07) is 9.80. The molecule has 2 heteroatoms. The Morgan fingerprint density at radius 1 is 1.22 bits per heavy atom. The van der Waals surface area contributed by atoms with Crippen LogP contribution in [0.3, 0.4) is 0 Å². The highest BCUT2D eigenvalue weighted by atomic mass is 16.5. The largest absolute Gasteiger partial charge is 0.462 e. The van der Waals surface area contributed by atoms with Crippen LogP contribution in [0.15, 0.2) is 30.3 Å². The Labute approximate surface area is 110 Å². The molecule has 18 heavy (non-hydrogen) atoms. The number of benzene rings is 1. The van der Waals surface area contributed by atoms with Gasteiger partial charge in [-0.05, 0) is 25.3 Å². The van der Waals surface area contributed by atoms with Crippen molar-refractivity contribution >= 4 is 5.97 Å². The van der Waals surface area contributed by atoms with Gasteiger partial charge in [-0.25, -0.2) is 0 Å². The lowest BCUT2D eigenvalue weighted by atomic mass is 10.0. The lowest BCUT2D eigenvalue weighted by molar-refractivity contribution is -0.151. The van der Waals surface area contributed by atoms with Crippen molar-refractivity contribution in [3.63, 3.8) is 0 Å². The number of hydrogen-bond donors (Lipinski definition) is 0. The Kier molecular flexibility index (Phi) is 6.48. The Hall–Kier alpha value is -1.31. The minimum absolute atomic E-state index is 0.0728. The Morgan fingerprint density at radius 3 is 2.44 bits per heavy atom. The molecule has 2 nitrogen and oxygen atoms in total. The van der Waals surface area contributed by atoms with Crippen molar-refractivity contribution in [1.29, 1.82) is 0 Å². The van der Waals surface area contributed by atoms with Crippen molar-refractivity contribution < 1.29 is 9.53 Å². The average molecular weight is 248 g/mol. The van der Waals surface area contributed by atoms with Crippen LogP contribution < -0.4 is 0 Å². The summed E-state index contributed by atoms with van der Waals surface area (Å²) in [6.07, 6.45) is 4.20. The molecule has 0 fully saturated rings. The van der Waals surface area contributed by atoms with Gasteiger partial charge in [-0.15, -0.1) is 0 Å². The molecule has 100 valence electrons. The highest BCUT2D eigenvalue weighted by Crippen LogP contribution is 2.19. The highest BCUT2D eigenvalue weighted by Gasteiger charge is 2.19. The predicted molar refractivity (Wildman–Crippen MR) is 74.6 cm³/mol. The van der Waals surface area contributed by atoms with Gasteiger partial charge in [0.1, 0.15) is 6.10 Å². The first-order valence-corrected chi connectivity index (χ1v) is 6.94. The van der Waals surface area contributed by atoms with E-state index >= 15 is 0 Å². The van der Waals surface area contributed by atoms with Gasteiger partial charge in [-0.2, -0.15) is 0 Å². The van der Waals surface area contributed by atoms with Gasteiger partial charge in [0, 0.05) is 0 Å². The molecule has 2 atom stereocenters. The van der Waals surface area contributed by atoms with E-state index in [1.165, 1.54) is 0 Å². The number of esters is 1. The van der Waals surface area contributed by atoms with Gasteiger partial charge in [0.15, 0.2) is 0 Å². The summed E-state index contributed by atoms with van der Waals surface area (Å²) in [5.41, 5.74) is 1.02. The molecule has 0 saturated heterocycles. The van der Waals surface area contributed by atoms with E-state index in [-0.39, 0.29) is 18.0 Å². The standard InChI is InChI=1S/C16H24O2/c1-4-6-12-15(5-2)18-16(17)13(3)14-10-8-7-9-11-14/h7-11,13,15H,4-6,12H2,1-3H3/t13-,15-/m1/s1. The number of hydrogen-bond acceptors (Lipinski definition) is 2. The summed E-state index contributed by atoms with van der Waals surface area (Å²) < 4.78 is 5.58. The molecule has 0 N–H and O–H groups in total. The molecule has 0 amide bonds. The number of carbonyl (C=O) groups excluding carboxylic acids is 1. The van der Waals surface area contributed by atoms with Crippen LogP contribution in [0.25, 0.3) is 0 Å². The van der Waals surface area contributed by atoms with E-state index in [0.717, 1.165) is 31.2 Å². The maximum atomic E-state index is 12.1. The molecule has 0 heterocycles. The van der Waals surface area contributed by atoms with Crippen LogP contribution in [0.5, 0.6) is 0 Å². The van der Waals surface area contributed by atoms with Gasteiger partial charge >= 0.3 is 5.97 Å². The molecule has 0 bridgehead atoms. The summed E-state index contributed by atoms with van der Waals surface area (Å²) in [7, 11) is 0. The van der Waals surface area contributed by atoms with Crippen LogP contribution in [-0.4, -0.2) is 12.1 Å². The van der Waals surface area contributed by atoms with Crippen molar-refractivity contribution in [3.8, 4) is 0 Å². The summed E-state index contributed by atoms with van der Waals surface area (Å²) in [4.78, 5) is 12.1. The van der Waals surface area contributed by atoms with E-state index in [1.54, 1.807) is 0 Å². The van der Waals surface area contributed by atoms with Gasteiger partial charge in [0.05, 0.1) is 5.92 Å². The van der Waals surface area contributed by atoms with E-state index in [0.29, 0.717) is 0 Å². The lowest BCUT2D eigenvalue weighted by Gasteiger charge is -2.19. The first-order valence-electron chi connectivity index (χ1n) is 6.94. The molecule has 1 aromatic carbocycles. The number of carbonyl (C=O) groups is 1. The molecule has 0 spiro atoms. The molecule has 1 aromatic rings. The van der Waals surface area contributed by atoms with Crippen molar-refractivity contribution in [2.75, 3.05) is 0 Å². The van der Waals surface area contributed by atoms with Crippen LogP contribution in [0.4, 0.5) is 0 Å². The summed E-state index contributed by atoms with van der Waals surface area (Å²) in [5, 5.41) is 0. The van der Waals surface area contributed by atoms with Crippen molar-refractivity contribution in [2.45, 2.75) is 58.5 Å². The summed E-state index contributed by atoms with van der Waals surface area (Å²) >= 11 is 0. The van der Waals surface area contributed by atoms with E-state index in [9.17, 15) is 4.79 Å². The minimum Gasteiger partial charge on any atom is -0.462 e. The minimum atomic E-state index is -0.179. The topological polar surface area (TPSA) is 26.3 Å². The fourth-order valence-corrected chi connectivity index (χ4v) is 1.92. The molecule has 0 radical (unpaired) electrons. The third-order valence-corrected chi connectivity index (χ3v) is 3.27. The van der Waals surface area contributed by atoms with Gasteiger partial charge in [0.2, 0.25) is 0 Å². The second-order valence-corrected chi connectivity index (χ2v) is 4.74. The molecule has 0 aliphatic rings. The first kappa shape index (κ1) is 14.7. The third kappa shape index (κ3) is 4.52. The van der Waals surface area contributed by atoms with Crippen molar-refractivity contribution in [3.05, 3.63) is 35.9 Å². The number of rotatable bonds is 7. The molecule has 0 saturated carbocycles. The van der Waals surface area contributed by atoms with E-state index in [4.69, 9.17) is 4.74 Å². The molecule has 0 aliphatic carbocycles. The monoisotopic (exact) mass is 248 g/mol. The Morgan fingerprint density at radius 2 is 1.89 bits per heavy atom. The third-order valence-electron chi connectivity index (χ3n) is 3.27. The zero-order valence-corrected chi connectivity index (χ0v) is 11.7. The molecular formula is C16H24O2. The fraction of sp³-hybridized carbons (Fsp3) is 0.562. The van der Waals surface area contributed by atoms with Gasteiger partial charge < -0.3 is 4.74 Å². The van der Waals surface area contributed by atoms with Gasteiger partial charge in [0.25, 0.3) is 0 Å². The van der Waals surface area contributed by atoms with Crippen molar-refractivity contribution in [2.24, 2.45) is 0 Å². The van der Waals surface area contributed by atoms with Crippen LogP contribution in [0.1, 0.15) is 57.9 Å². The molecule has 0 unspecified atom stereocenters. The number of unbranched alkanes of at least 4 members (excludes halogenated alkanes) is 1. The molecule has 0 aliphatic heterocycles. The predicted octanol–water partition coefficient (Wildman–Crippen LogP) is 4.30.